The van der Waals surface area contributed by atoms with Crippen molar-refractivity contribution in [3.8, 4) is 0 Å². The number of carbonyl (C=O) groups is 2. The van der Waals surface area contributed by atoms with Crippen molar-refractivity contribution in [1.29, 1.82) is 0 Å². The van der Waals surface area contributed by atoms with Crippen molar-refractivity contribution in [1.82, 2.24) is 4.90 Å². The Morgan fingerprint density at radius 3 is 2.00 bits per heavy atom. The van der Waals surface area contributed by atoms with Crippen molar-refractivity contribution >= 4 is 11.9 Å². The Bertz CT molecular complexity index is 276. The highest BCUT2D eigenvalue weighted by Crippen LogP contribution is 2.21. The molecule has 0 rings (SSSR count). The van der Waals surface area contributed by atoms with Gasteiger partial charge in [-0.1, -0.05) is 13.8 Å². The zero-order valence-corrected chi connectivity index (χ0v) is 9.21. The number of amides is 1. The van der Waals surface area contributed by atoms with Crippen LogP contribution in [0.4, 0.5) is 13.2 Å². The lowest BCUT2D eigenvalue weighted by Crippen LogP contribution is -2.48. The molecule has 0 bridgehead atoms. The molecule has 94 valence electrons. The molecule has 0 unspecified atom stereocenters. The summed E-state index contributed by atoms with van der Waals surface area (Å²) >= 11 is 0. The number of alkyl halides is 3. The van der Waals surface area contributed by atoms with Gasteiger partial charge in [0.15, 0.2) is 0 Å². The average Bonchev–Trinajstić information content (AvgIpc) is 2.09. The SMILES string of the molecule is CC(C)C[C@@H](C(=O)O)N(C)C(=O)C(F)(F)F. The standard InChI is InChI=1S/C9H14F3NO3/c1-5(2)4-6(7(14)15)13(3)8(16)9(10,11)12/h5-6H,4H2,1-3H3,(H,14,15)/t6-/m0/s1. The Morgan fingerprint density at radius 2 is 1.75 bits per heavy atom. The van der Waals surface area contributed by atoms with Crippen molar-refractivity contribution in [2.45, 2.75) is 32.5 Å². The van der Waals surface area contributed by atoms with Crippen molar-refractivity contribution in [3.05, 3.63) is 0 Å². The van der Waals surface area contributed by atoms with E-state index in [0.717, 1.165) is 7.05 Å². The lowest BCUT2D eigenvalue weighted by molar-refractivity contribution is -0.188. The number of carboxylic acid groups (broad SMARTS) is 1. The van der Waals surface area contributed by atoms with Crippen LogP contribution in [0.15, 0.2) is 0 Å². The molecule has 1 amide bonds. The molecular formula is C9H14F3NO3. The van der Waals surface area contributed by atoms with E-state index in [0.29, 0.717) is 0 Å². The van der Waals surface area contributed by atoms with Gasteiger partial charge in [-0.2, -0.15) is 13.2 Å². The summed E-state index contributed by atoms with van der Waals surface area (Å²) in [5.41, 5.74) is 0. The van der Waals surface area contributed by atoms with Crippen LogP contribution >= 0.6 is 0 Å². The maximum absolute atomic E-state index is 12.1. The lowest BCUT2D eigenvalue weighted by Gasteiger charge is -2.26. The molecule has 1 N–H and O–H groups in total. The van der Waals surface area contributed by atoms with Gasteiger partial charge in [-0.15, -0.1) is 0 Å². The Kier molecular flexibility index (Phi) is 4.77. The minimum atomic E-state index is -5.04. The summed E-state index contributed by atoms with van der Waals surface area (Å²) in [6.07, 6.45) is -5.06. The van der Waals surface area contributed by atoms with Crippen LogP contribution in [0.2, 0.25) is 0 Å². The maximum Gasteiger partial charge on any atom is 0.471 e. The van der Waals surface area contributed by atoms with Crippen LogP contribution in [-0.2, 0) is 9.59 Å². The van der Waals surface area contributed by atoms with E-state index in [9.17, 15) is 22.8 Å². The Labute approximate surface area is 91.0 Å². The van der Waals surface area contributed by atoms with Gasteiger partial charge in [0.25, 0.3) is 0 Å². The second-order valence-electron chi connectivity index (χ2n) is 3.90. The molecule has 0 aliphatic carbocycles. The van der Waals surface area contributed by atoms with Crippen LogP contribution in [0.25, 0.3) is 0 Å². The molecule has 0 aromatic heterocycles. The molecule has 0 saturated heterocycles. The first-order chi connectivity index (χ1) is 7.07. The van der Waals surface area contributed by atoms with E-state index in [4.69, 9.17) is 5.11 Å². The lowest BCUT2D eigenvalue weighted by atomic mass is 10.0. The fourth-order valence-corrected chi connectivity index (χ4v) is 1.21. The number of aliphatic carboxylic acids is 1. The second kappa shape index (κ2) is 5.18. The number of hydrogen-bond acceptors (Lipinski definition) is 2. The second-order valence-corrected chi connectivity index (χ2v) is 3.90. The normalized spacial score (nSPS) is 13.7. The van der Waals surface area contributed by atoms with Gasteiger partial charge >= 0.3 is 18.1 Å². The zero-order chi connectivity index (χ0) is 13.1. The van der Waals surface area contributed by atoms with Gasteiger partial charge in [0, 0.05) is 7.05 Å². The number of carbonyl (C=O) groups excluding carboxylic acids is 1. The first kappa shape index (κ1) is 14.7. The number of nitrogens with zero attached hydrogens (tertiary/aromatic N) is 1. The number of carboxylic acids is 1. The highest BCUT2D eigenvalue weighted by Gasteiger charge is 2.44. The van der Waals surface area contributed by atoms with Gasteiger partial charge in [-0.05, 0) is 12.3 Å². The maximum atomic E-state index is 12.1. The van der Waals surface area contributed by atoms with Crippen molar-refractivity contribution in [2.75, 3.05) is 7.05 Å². The molecule has 16 heavy (non-hydrogen) atoms. The van der Waals surface area contributed by atoms with Crippen LogP contribution in [0, 0.1) is 5.92 Å². The molecule has 7 heteroatoms. The van der Waals surface area contributed by atoms with Gasteiger partial charge < -0.3 is 10.0 Å². The average molecular weight is 241 g/mol. The molecular weight excluding hydrogens is 227 g/mol. The van der Waals surface area contributed by atoms with E-state index >= 15 is 0 Å². The van der Waals surface area contributed by atoms with Crippen molar-refractivity contribution < 1.29 is 27.9 Å². The third kappa shape index (κ3) is 4.08. The van der Waals surface area contributed by atoms with Gasteiger partial charge in [-0.25, -0.2) is 4.79 Å². The third-order valence-electron chi connectivity index (χ3n) is 2.01. The minimum Gasteiger partial charge on any atom is -0.480 e. The number of hydrogen-bond donors (Lipinski definition) is 1. The van der Waals surface area contributed by atoms with Gasteiger partial charge in [0.05, 0.1) is 0 Å². The molecule has 0 fully saturated rings. The Balaban J connectivity index is 4.82. The van der Waals surface area contributed by atoms with E-state index in [1.807, 2.05) is 0 Å². The topological polar surface area (TPSA) is 57.6 Å². The smallest absolute Gasteiger partial charge is 0.471 e. The van der Waals surface area contributed by atoms with Crippen LogP contribution in [0.1, 0.15) is 20.3 Å². The summed E-state index contributed by atoms with van der Waals surface area (Å²) in [6.45, 7) is 3.34. The molecule has 4 nitrogen and oxygen atoms in total. The van der Waals surface area contributed by atoms with E-state index in [-0.39, 0.29) is 17.2 Å². The van der Waals surface area contributed by atoms with E-state index in [2.05, 4.69) is 0 Å². The van der Waals surface area contributed by atoms with E-state index in [1.54, 1.807) is 13.8 Å². The third-order valence-corrected chi connectivity index (χ3v) is 2.01. The number of halogens is 3. The predicted molar refractivity (Wildman–Crippen MR) is 49.7 cm³/mol. The van der Waals surface area contributed by atoms with Gasteiger partial charge in [0.2, 0.25) is 0 Å². The highest BCUT2D eigenvalue weighted by atomic mass is 19.4. The van der Waals surface area contributed by atoms with Gasteiger partial charge in [0.1, 0.15) is 6.04 Å². The summed E-state index contributed by atoms with van der Waals surface area (Å²) in [5.74, 6) is -3.70. The molecule has 0 aromatic rings. The van der Waals surface area contributed by atoms with Crippen LogP contribution < -0.4 is 0 Å². The van der Waals surface area contributed by atoms with Crippen LogP contribution in [0.5, 0.6) is 0 Å². The van der Waals surface area contributed by atoms with Crippen LogP contribution in [0.3, 0.4) is 0 Å². The summed E-state index contributed by atoms with van der Waals surface area (Å²) in [5, 5.41) is 8.75. The molecule has 1 atom stereocenters. The highest BCUT2D eigenvalue weighted by molar-refractivity contribution is 5.86. The summed E-state index contributed by atoms with van der Waals surface area (Å²) in [7, 11) is 0.844. The first-order valence-electron chi connectivity index (χ1n) is 4.64. The van der Waals surface area contributed by atoms with E-state index in [1.165, 1.54) is 0 Å². The molecule has 0 radical (unpaired) electrons. The largest absolute Gasteiger partial charge is 0.480 e. The summed E-state index contributed by atoms with van der Waals surface area (Å²) in [6, 6.07) is -1.45. The molecule has 0 heterocycles. The molecule has 0 aromatic carbocycles. The fourth-order valence-electron chi connectivity index (χ4n) is 1.21. The monoisotopic (exact) mass is 241 g/mol. The Morgan fingerprint density at radius 1 is 1.31 bits per heavy atom. The zero-order valence-electron chi connectivity index (χ0n) is 9.21. The minimum absolute atomic E-state index is 0.0202. The quantitative estimate of drug-likeness (QED) is 0.811. The number of rotatable bonds is 4. The summed E-state index contributed by atoms with van der Waals surface area (Å²) in [4.78, 5) is 21.8. The molecule has 0 aliphatic rings. The van der Waals surface area contributed by atoms with Crippen LogP contribution in [-0.4, -0.2) is 41.1 Å². The number of likely N-dealkylation sites (N-methyl/N-ethyl adjacent to an activating group) is 1. The first-order valence-corrected chi connectivity index (χ1v) is 4.64. The molecule has 0 aliphatic heterocycles. The Hall–Kier alpha value is -1.27. The fraction of sp³-hybridized carbons (Fsp3) is 0.778. The predicted octanol–water partition coefficient (Wildman–Crippen LogP) is 1.51. The van der Waals surface area contributed by atoms with Gasteiger partial charge in [-0.3, -0.25) is 4.79 Å². The van der Waals surface area contributed by atoms with E-state index < -0.39 is 24.1 Å². The van der Waals surface area contributed by atoms with Crippen molar-refractivity contribution in [2.24, 2.45) is 5.92 Å². The summed E-state index contributed by atoms with van der Waals surface area (Å²) < 4.78 is 36.2. The molecule has 0 spiro atoms. The van der Waals surface area contributed by atoms with Crippen molar-refractivity contribution in [3.63, 3.8) is 0 Å². The molecule has 0 saturated carbocycles.